The Labute approximate surface area is 73.3 Å². The Morgan fingerprint density at radius 1 is 1.25 bits per heavy atom. The molecule has 0 radical (unpaired) electrons. The molecule has 0 heterocycles. The van der Waals surface area contributed by atoms with Crippen LogP contribution in [-0.4, -0.2) is 11.6 Å². The molecule has 68 valence electrons. The molecule has 0 saturated heterocycles. The first-order chi connectivity index (χ1) is 5.70. The summed E-state index contributed by atoms with van der Waals surface area (Å²) in [6.07, 6.45) is 5.31. The van der Waals surface area contributed by atoms with E-state index in [-0.39, 0.29) is 5.78 Å². The lowest BCUT2D eigenvalue weighted by molar-refractivity contribution is -0.125. The molecule has 0 N–H and O–H groups in total. The first-order valence-corrected chi connectivity index (χ1v) is 4.72. The molecule has 0 bridgehead atoms. The van der Waals surface area contributed by atoms with Gasteiger partial charge in [-0.25, -0.2) is 0 Å². The number of hydrogen-bond donors (Lipinski definition) is 0. The van der Waals surface area contributed by atoms with Gasteiger partial charge in [0.15, 0.2) is 0 Å². The highest BCUT2D eigenvalue weighted by Gasteiger charge is 2.24. The van der Waals surface area contributed by atoms with Gasteiger partial charge in [0.25, 0.3) is 0 Å². The van der Waals surface area contributed by atoms with Gasteiger partial charge in [0.05, 0.1) is 0 Å². The minimum Gasteiger partial charge on any atom is -0.300 e. The summed E-state index contributed by atoms with van der Waals surface area (Å²) in [5.74, 6) is 0.913. The Balaban J connectivity index is 2.05. The predicted octanol–water partition coefficient (Wildman–Crippen LogP) is 2.11. The maximum Gasteiger partial charge on any atom is 0.135 e. The van der Waals surface area contributed by atoms with Crippen LogP contribution in [0, 0.1) is 5.92 Å². The summed E-state index contributed by atoms with van der Waals surface area (Å²) >= 11 is 0. The smallest absolute Gasteiger partial charge is 0.135 e. The van der Waals surface area contributed by atoms with Crippen molar-refractivity contribution >= 4 is 11.6 Å². The zero-order chi connectivity index (χ0) is 8.97. The molecule has 0 unspecified atom stereocenters. The van der Waals surface area contributed by atoms with Crippen LogP contribution in [0.2, 0.25) is 0 Å². The third-order valence-electron chi connectivity index (χ3n) is 2.51. The number of hydrogen-bond acceptors (Lipinski definition) is 2. The Bertz CT molecular complexity index is 180. The van der Waals surface area contributed by atoms with Gasteiger partial charge in [-0.1, -0.05) is 6.42 Å². The molecular weight excluding hydrogens is 152 g/mol. The molecule has 0 aromatic heterocycles. The molecule has 0 aromatic carbocycles. The average Bonchev–Trinajstić information content (AvgIpc) is 1.81. The first-order valence-electron chi connectivity index (χ1n) is 4.72. The van der Waals surface area contributed by atoms with Gasteiger partial charge >= 0.3 is 0 Å². The molecule has 1 aliphatic carbocycles. The van der Waals surface area contributed by atoms with Gasteiger partial charge in [0.1, 0.15) is 11.6 Å². The third-order valence-corrected chi connectivity index (χ3v) is 2.51. The maximum atomic E-state index is 11.3. The van der Waals surface area contributed by atoms with E-state index < -0.39 is 0 Å². The molecule has 0 aromatic rings. The van der Waals surface area contributed by atoms with Crippen molar-refractivity contribution in [2.75, 3.05) is 0 Å². The summed E-state index contributed by atoms with van der Waals surface area (Å²) < 4.78 is 0. The summed E-state index contributed by atoms with van der Waals surface area (Å²) in [6.45, 7) is 1.58. The molecule has 0 aliphatic heterocycles. The number of Topliss-reactive ketones (excluding diaryl/α,β-unsaturated/α-hetero) is 2. The number of carbonyl (C=O) groups is 2. The quantitative estimate of drug-likeness (QED) is 0.630. The first kappa shape index (κ1) is 9.43. The van der Waals surface area contributed by atoms with E-state index in [1.165, 1.54) is 6.42 Å². The standard InChI is InChI=1S/C10H16O2/c1-8(11)4-2-7-10(12)9-5-3-6-9/h9H,2-7H2,1H3. The summed E-state index contributed by atoms with van der Waals surface area (Å²) in [4.78, 5) is 21.9. The molecule has 0 atom stereocenters. The van der Waals surface area contributed by atoms with Gasteiger partial charge in [-0.3, -0.25) is 4.79 Å². The number of carbonyl (C=O) groups excluding carboxylic acids is 2. The van der Waals surface area contributed by atoms with E-state index >= 15 is 0 Å². The van der Waals surface area contributed by atoms with Gasteiger partial charge in [0.2, 0.25) is 0 Å². The second kappa shape index (κ2) is 4.39. The Kier molecular flexibility index (Phi) is 3.45. The maximum absolute atomic E-state index is 11.3. The zero-order valence-corrected chi connectivity index (χ0v) is 7.64. The van der Waals surface area contributed by atoms with Crippen LogP contribution >= 0.6 is 0 Å². The molecule has 0 amide bonds. The third kappa shape index (κ3) is 2.76. The zero-order valence-electron chi connectivity index (χ0n) is 7.64. The lowest BCUT2D eigenvalue weighted by Gasteiger charge is -2.23. The lowest BCUT2D eigenvalue weighted by Crippen LogP contribution is -2.21. The molecule has 12 heavy (non-hydrogen) atoms. The minimum absolute atomic E-state index is 0.191. The highest BCUT2D eigenvalue weighted by atomic mass is 16.1. The Hall–Kier alpha value is -0.660. The fourth-order valence-electron chi connectivity index (χ4n) is 1.45. The molecule has 1 aliphatic rings. The van der Waals surface area contributed by atoms with Crippen LogP contribution in [0.3, 0.4) is 0 Å². The molecule has 0 spiro atoms. The largest absolute Gasteiger partial charge is 0.300 e. The van der Waals surface area contributed by atoms with E-state index in [0.29, 0.717) is 24.5 Å². The van der Waals surface area contributed by atoms with Crippen LogP contribution in [0.1, 0.15) is 45.4 Å². The highest BCUT2D eigenvalue weighted by molar-refractivity contribution is 5.82. The number of ketones is 2. The van der Waals surface area contributed by atoms with Crippen LogP contribution in [0.4, 0.5) is 0 Å². The van der Waals surface area contributed by atoms with E-state index in [0.717, 1.165) is 19.3 Å². The monoisotopic (exact) mass is 168 g/mol. The van der Waals surface area contributed by atoms with Crippen molar-refractivity contribution in [3.05, 3.63) is 0 Å². The van der Waals surface area contributed by atoms with E-state index in [1.807, 2.05) is 0 Å². The fourth-order valence-corrected chi connectivity index (χ4v) is 1.45. The average molecular weight is 168 g/mol. The van der Waals surface area contributed by atoms with Crippen LogP contribution in [0.25, 0.3) is 0 Å². The van der Waals surface area contributed by atoms with E-state index in [9.17, 15) is 9.59 Å². The van der Waals surface area contributed by atoms with E-state index in [4.69, 9.17) is 0 Å². The van der Waals surface area contributed by atoms with Crippen LogP contribution < -0.4 is 0 Å². The predicted molar refractivity (Wildman–Crippen MR) is 46.9 cm³/mol. The van der Waals surface area contributed by atoms with Gasteiger partial charge in [-0.15, -0.1) is 0 Å². The molecular formula is C10H16O2. The normalized spacial score (nSPS) is 17.1. The highest BCUT2D eigenvalue weighted by Crippen LogP contribution is 2.28. The van der Waals surface area contributed by atoms with Crippen molar-refractivity contribution in [3.8, 4) is 0 Å². The lowest BCUT2D eigenvalue weighted by atomic mass is 9.80. The molecule has 2 nitrogen and oxygen atoms in total. The SMILES string of the molecule is CC(=O)CCCC(=O)C1CCC1. The van der Waals surface area contributed by atoms with Gasteiger partial charge in [-0.05, 0) is 26.2 Å². The van der Waals surface area contributed by atoms with E-state index in [2.05, 4.69) is 0 Å². The Morgan fingerprint density at radius 2 is 1.92 bits per heavy atom. The summed E-state index contributed by atoms with van der Waals surface area (Å²) in [7, 11) is 0. The van der Waals surface area contributed by atoms with Crippen molar-refractivity contribution in [2.45, 2.75) is 45.4 Å². The second-order valence-electron chi connectivity index (χ2n) is 3.65. The minimum atomic E-state index is 0.191. The van der Waals surface area contributed by atoms with Crippen molar-refractivity contribution in [1.82, 2.24) is 0 Å². The van der Waals surface area contributed by atoms with E-state index in [1.54, 1.807) is 6.92 Å². The van der Waals surface area contributed by atoms with Crippen LogP contribution in [0.15, 0.2) is 0 Å². The molecule has 1 rings (SSSR count). The molecule has 1 fully saturated rings. The van der Waals surface area contributed by atoms with Gasteiger partial charge < -0.3 is 4.79 Å². The summed E-state index contributed by atoms with van der Waals surface area (Å²) in [5, 5.41) is 0. The van der Waals surface area contributed by atoms with Gasteiger partial charge in [-0.2, -0.15) is 0 Å². The topological polar surface area (TPSA) is 34.1 Å². The summed E-state index contributed by atoms with van der Waals surface area (Å²) in [5.41, 5.74) is 0. The van der Waals surface area contributed by atoms with Crippen molar-refractivity contribution in [1.29, 1.82) is 0 Å². The molecule has 2 heteroatoms. The van der Waals surface area contributed by atoms with Crippen molar-refractivity contribution < 1.29 is 9.59 Å². The Morgan fingerprint density at radius 3 is 2.33 bits per heavy atom. The van der Waals surface area contributed by atoms with Crippen LogP contribution in [-0.2, 0) is 9.59 Å². The fraction of sp³-hybridized carbons (Fsp3) is 0.800. The summed E-state index contributed by atoms with van der Waals surface area (Å²) in [6, 6.07) is 0. The second-order valence-corrected chi connectivity index (χ2v) is 3.65. The van der Waals surface area contributed by atoms with Gasteiger partial charge in [0, 0.05) is 18.8 Å². The van der Waals surface area contributed by atoms with Crippen LogP contribution in [0.5, 0.6) is 0 Å². The number of rotatable bonds is 5. The molecule has 1 saturated carbocycles. The van der Waals surface area contributed by atoms with Crippen molar-refractivity contribution in [3.63, 3.8) is 0 Å². The van der Waals surface area contributed by atoms with Crippen molar-refractivity contribution in [2.24, 2.45) is 5.92 Å².